The number of hydrogen-bond acceptors (Lipinski definition) is 5. The van der Waals surface area contributed by atoms with Crippen molar-refractivity contribution in [1.82, 2.24) is 28.9 Å². The molecular formula is C23H19FN6O2. The Morgan fingerprint density at radius 2 is 1.97 bits per heavy atom. The van der Waals surface area contributed by atoms with Crippen LogP contribution in [0, 0.1) is 5.82 Å². The van der Waals surface area contributed by atoms with Crippen LogP contribution in [0.15, 0.2) is 65.8 Å². The zero-order chi connectivity index (χ0) is 21.9. The maximum absolute atomic E-state index is 13.9. The Balaban J connectivity index is 1.68. The van der Waals surface area contributed by atoms with E-state index in [0.29, 0.717) is 29.2 Å². The summed E-state index contributed by atoms with van der Waals surface area (Å²) < 4.78 is 24.9. The Morgan fingerprint density at radius 3 is 2.75 bits per heavy atom. The predicted molar refractivity (Wildman–Crippen MR) is 116 cm³/mol. The first-order valence-corrected chi connectivity index (χ1v) is 10.4. The van der Waals surface area contributed by atoms with Crippen molar-refractivity contribution in [2.45, 2.75) is 25.5 Å². The Bertz CT molecular complexity index is 1540. The lowest BCUT2D eigenvalue weighted by molar-refractivity contribution is -0.0447. The molecule has 3 aromatic heterocycles. The molecule has 0 radical (unpaired) electrons. The van der Waals surface area contributed by atoms with Gasteiger partial charge in [-0.15, -0.1) is 5.10 Å². The number of aromatic nitrogens is 6. The van der Waals surface area contributed by atoms with Crippen LogP contribution in [0.4, 0.5) is 4.39 Å². The molecular weight excluding hydrogens is 411 g/mol. The zero-order valence-electron chi connectivity index (χ0n) is 17.3. The molecule has 0 saturated carbocycles. The molecule has 6 rings (SSSR count). The van der Waals surface area contributed by atoms with Crippen LogP contribution in [0.5, 0.6) is 0 Å². The summed E-state index contributed by atoms with van der Waals surface area (Å²) in [5.74, 6) is -0.390. The monoisotopic (exact) mass is 430 g/mol. The van der Waals surface area contributed by atoms with Gasteiger partial charge in [-0.2, -0.15) is 0 Å². The third kappa shape index (κ3) is 2.64. The standard InChI is InChI=1S/C23H19FN6O2/c1-23(10-5-11-32-23)29-18-9-3-2-8-17(18)28-14-25-20(21(28)22(29)31)19-13-26-27-30(19)16-7-4-6-15(24)12-16/h2-4,6-9,12-14H,5,10-11H2,1H3. The summed E-state index contributed by atoms with van der Waals surface area (Å²) in [6, 6.07) is 13.7. The average Bonchev–Trinajstić information content (AvgIpc) is 3.53. The zero-order valence-corrected chi connectivity index (χ0v) is 17.3. The number of imidazole rings is 1. The molecule has 160 valence electrons. The summed E-state index contributed by atoms with van der Waals surface area (Å²) in [4.78, 5) is 18.5. The summed E-state index contributed by atoms with van der Waals surface area (Å²) >= 11 is 0. The van der Waals surface area contributed by atoms with E-state index >= 15 is 0 Å². The summed E-state index contributed by atoms with van der Waals surface area (Å²) in [6.45, 7) is 2.55. The molecule has 1 aliphatic rings. The van der Waals surface area contributed by atoms with Crippen molar-refractivity contribution in [3.63, 3.8) is 0 Å². The highest BCUT2D eigenvalue weighted by molar-refractivity contribution is 5.84. The molecule has 5 aromatic rings. The number of para-hydroxylation sites is 2. The van der Waals surface area contributed by atoms with Gasteiger partial charge in [-0.3, -0.25) is 13.8 Å². The first-order valence-electron chi connectivity index (χ1n) is 10.4. The van der Waals surface area contributed by atoms with Crippen LogP contribution in [0.3, 0.4) is 0 Å². The minimum Gasteiger partial charge on any atom is -0.355 e. The van der Waals surface area contributed by atoms with E-state index in [1.54, 1.807) is 27.4 Å². The van der Waals surface area contributed by atoms with E-state index in [1.807, 2.05) is 31.2 Å². The van der Waals surface area contributed by atoms with Gasteiger partial charge in [0.2, 0.25) is 0 Å². The molecule has 4 heterocycles. The van der Waals surface area contributed by atoms with Gasteiger partial charge in [-0.25, -0.2) is 14.1 Å². The van der Waals surface area contributed by atoms with Crippen molar-refractivity contribution < 1.29 is 9.13 Å². The molecule has 0 bridgehead atoms. The van der Waals surface area contributed by atoms with E-state index in [2.05, 4.69) is 15.3 Å². The van der Waals surface area contributed by atoms with Crippen molar-refractivity contribution in [2.75, 3.05) is 6.61 Å². The number of fused-ring (bicyclic) bond motifs is 3. The van der Waals surface area contributed by atoms with Gasteiger partial charge in [0.15, 0.2) is 0 Å². The fourth-order valence-corrected chi connectivity index (χ4v) is 4.60. The summed E-state index contributed by atoms with van der Waals surface area (Å²) in [7, 11) is 0. The molecule has 0 spiro atoms. The van der Waals surface area contributed by atoms with Crippen LogP contribution in [-0.4, -0.2) is 35.6 Å². The van der Waals surface area contributed by atoms with E-state index < -0.39 is 11.5 Å². The first-order chi connectivity index (χ1) is 15.6. The van der Waals surface area contributed by atoms with E-state index in [1.165, 1.54) is 23.0 Å². The van der Waals surface area contributed by atoms with Gasteiger partial charge < -0.3 is 4.74 Å². The van der Waals surface area contributed by atoms with Gasteiger partial charge in [-0.05, 0) is 50.1 Å². The van der Waals surface area contributed by atoms with Gasteiger partial charge in [-0.1, -0.05) is 23.4 Å². The van der Waals surface area contributed by atoms with E-state index in [0.717, 1.165) is 23.9 Å². The number of hydrogen-bond donors (Lipinski definition) is 0. The molecule has 0 aliphatic carbocycles. The summed E-state index contributed by atoms with van der Waals surface area (Å²) in [5.41, 5.74) is 2.44. The second kappa shape index (κ2) is 6.83. The SMILES string of the molecule is CC1(n2c(=O)c3c(-c4cnnn4-c4cccc(F)c4)ncn3c3ccccc32)CCCO1. The van der Waals surface area contributed by atoms with Crippen LogP contribution in [0.25, 0.3) is 33.6 Å². The van der Waals surface area contributed by atoms with Gasteiger partial charge in [0.25, 0.3) is 5.56 Å². The highest BCUT2D eigenvalue weighted by Gasteiger charge is 2.35. The molecule has 1 saturated heterocycles. The third-order valence-electron chi connectivity index (χ3n) is 6.07. The Kier molecular flexibility index (Phi) is 4.03. The molecule has 1 unspecified atom stereocenters. The fraction of sp³-hybridized carbons (Fsp3) is 0.217. The molecule has 2 aromatic carbocycles. The van der Waals surface area contributed by atoms with Gasteiger partial charge in [0.1, 0.15) is 34.8 Å². The van der Waals surface area contributed by atoms with E-state index in [4.69, 9.17) is 4.74 Å². The van der Waals surface area contributed by atoms with E-state index in [9.17, 15) is 9.18 Å². The Morgan fingerprint density at radius 1 is 1.12 bits per heavy atom. The predicted octanol–water partition coefficient (Wildman–Crippen LogP) is 3.52. The second-order valence-corrected chi connectivity index (χ2v) is 8.08. The Hall–Kier alpha value is -3.85. The van der Waals surface area contributed by atoms with Crippen molar-refractivity contribution in [3.05, 3.63) is 77.2 Å². The topological polar surface area (TPSA) is 79.2 Å². The van der Waals surface area contributed by atoms with Gasteiger partial charge in [0.05, 0.1) is 22.9 Å². The lowest BCUT2D eigenvalue weighted by atomic mass is 10.1. The molecule has 1 aliphatic heterocycles. The molecule has 0 N–H and O–H groups in total. The minimum absolute atomic E-state index is 0.215. The van der Waals surface area contributed by atoms with Crippen LogP contribution in [0.1, 0.15) is 19.8 Å². The van der Waals surface area contributed by atoms with Crippen LogP contribution >= 0.6 is 0 Å². The van der Waals surface area contributed by atoms with Gasteiger partial charge in [0, 0.05) is 6.61 Å². The first kappa shape index (κ1) is 18.9. The summed E-state index contributed by atoms with van der Waals surface area (Å²) in [6.07, 6.45) is 4.77. The van der Waals surface area contributed by atoms with E-state index in [-0.39, 0.29) is 5.56 Å². The van der Waals surface area contributed by atoms with Crippen LogP contribution < -0.4 is 5.56 Å². The number of ether oxygens (including phenoxy) is 1. The van der Waals surface area contributed by atoms with Crippen molar-refractivity contribution in [1.29, 1.82) is 0 Å². The maximum Gasteiger partial charge on any atom is 0.280 e. The third-order valence-corrected chi connectivity index (χ3v) is 6.07. The normalized spacial score (nSPS) is 18.7. The quantitative estimate of drug-likeness (QED) is 0.438. The van der Waals surface area contributed by atoms with Crippen molar-refractivity contribution in [3.8, 4) is 17.1 Å². The molecule has 1 atom stereocenters. The molecule has 9 heteroatoms. The summed E-state index contributed by atoms with van der Waals surface area (Å²) in [5, 5.41) is 8.12. The molecule has 1 fully saturated rings. The molecule has 0 amide bonds. The number of benzene rings is 2. The van der Waals surface area contributed by atoms with Gasteiger partial charge >= 0.3 is 0 Å². The average molecular weight is 430 g/mol. The molecule has 32 heavy (non-hydrogen) atoms. The highest BCUT2D eigenvalue weighted by Crippen LogP contribution is 2.33. The fourth-order valence-electron chi connectivity index (χ4n) is 4.60. The smallest absolute Gasteiger partial charge is 0.280 e. The van der Waals surface area contributed by atoms with Crippen LogP contribution in [-0.2, 0) is 10.5 Å². The number of halogens is 1. The van der Waals surface area contributed by atoms with Crippen molar-refractivity contribution >= 4 is 16.6 Å². The maximum atomic E-state index is 13.9. The minimum atomic E-state index is -0.749. The lowest BCUT2D eigenvalue weighted by Crippen LogP contribution is -2.39. The number of nitrogens with zero attached hydrogens (tertiary/aromatic N) is 6. The highest BCUT2D eigenvalue weighted by atomic mass is 19.1. The van der Waals surface area contributed by atoms with Crippen molar-refractivity contribution in [2.24, 2.45) is 0 Å². The Labute approximate surface area is 181 Å². The van der Waals surface area contributed by atoms with Crippen LogP contribution in [0.2, 0.25) is 0 Å². The number of rotatable bonds is 3. The largest absolute Gasteiger partial charge is 0.355 e. The lowest BCUT2D eigenvalue weighted by Gasteiger charge is -2.28. The molecule has 8 nitrogen and oxygen atoms in total. The second-order valence-electron chi connectivity index (χ2n) is 8.08.